The minimum Gasteiger partial charge on any atom is -0.379 e. The second kappa shape index (κ2) is 7.42. The Hall–Kier alpha value is -3.03. The van der Waals surface area contributed by atoms with Gasteiger partial charge in [0.15, 0.2) is 0 Å². The van der Waals surface area contributed by atoms with Gasteiger partial charge < -0.3 is 14.5 Å². The molecule has 1 aliphatic rings. The molecular weight excluding hydrogens is 368 g/mol. The largest absolute Gasteiger partial charge is 0.379 e. The average Bonchev–Trinajstić information content (AvgIpc) is 3.11. The van der Waals surface area contributed by atoms with Crippen LogP contribution in [0.15, 0.2) is 47.5 Å². The first-order valence-corrected chi connectivity index (χ1v) is 9.79. The number of methoxy groups -OCH3 is 1. The minimum absolute atomic E-state index is 0.0363. The van der Waals surface area contributed by atoms with Gasteiger partial charge in [0, 0.05) is 30.9 Å². The van der Waals surface area contributed by atoms with Crippen LogP contribution in [-0.2, 0) is 16.1 Å². The molecule has 148 valence electrons. The first kappa shape index (κ1) is 18.0. The number of fused-ring (bicyclic) bond motifs is 3. The smallest absolute Gasteiger partial charge is 0.326 e. The lowest BCUT2D eigenvalue weighted by atomic mass is 10.0. The quantitative estimate of drug-likeness (QED) is 0.577. The SMILES string of the molecule is COCc1ccc(-c2ccc3ncc4[nH]c(=O)n(C5CCCOC5)c4c3c2)cn1. The zero-order chi connectivity index (χ0) is 19.8. The molecule has 7 heteroatoms. The number of aromatic nitrogens is 4. The first-order valence-electron chi connectivity index (χ1n) is 9.79. The molecule has 0 saturated carbocycles. The van der Waals surface area contributed by atoms with Crippen molar-refractivity contribution in [2.24, 2.45) is 0 Å². The van der Waals surface area contributed by atoms with Crippen LogP contribution in [-0.4, -0.2) is 39.8 Å². The number of hydrogen-bond donors (Lipinski definition) is 1. The zero-order valence-electron chi connectivity index (χ0n) is 16.2. The molecule has 0 bridgehead atoms. The van der Waals surface area contributed by atoms with E-state index < -0.39 is 0 Å². The molecule has 4 heterocycles. The zero-order valence-corrected chi connectivity index (χ0v) is 16.2. The summed E-state index contributed by atoms with van der Waals surface area (Å²) in [6.45, 7) is 1.80. The van der Waals surface area contributed by atoms with Gasteiger partial charge in [0.2, 0.25) is 0 Å². The summed E-state index contributed by atoms with van der Waals surface area (Å²) in [6.07, 6.45) is 5.47. The molecule has 5 rings (SSSR count). The van der Waals surface area contributed by atoms with E-state index in [1.807, 2.05) is 35.0 Å². The van der Waals surface area contributed by atoms with Crippen LogP contribution in [0, 0.1) is 0 Å². The van der Waals surface area contributed by atoms with Crippen molar-refractivity contribution < 1.29 is 9.47 Å². The maximum absolute atomic E-state index is 12.7. The van der Waals surface area contributed by atoms with Crippen LogP contribution in [0.1, 0.15) is 24.6 Å². The normalized spacial score (nSPS) is 17.2. The van der Waals surface area contributed by atoms with E-state index in [-0.39, 0.29) is 11.7 Å². The van der Waals surface area contributed by atoms with Crippen molar-refractivity contribution in [1.82, 2.24) is 19.5 Å². The average molecular weight is 390 g/mol. The lowest BCUT2D eigenvalue weighted by Gasteiger charge is -2.23. The van der Waals surface area contributed by atoms with Crippen molar-refractivity contribution in [1.29, 1.82) is 0 Å². The van der Waals surface area contributed by atoms with Crippen LogP contribution in [0.2, 0.25) is 0 Å². The molecule has 1 aromatic carbocycles. The molecule has 4 aromatic rings. The summed E-state index contributed by atoms with van der Waals surface area (Å²) in [5.74, 6) is 0. The van der Waals surface area contributed by atoms with Gasteiger partial charge in [-0.3, -0.25) is 14.5 Å². The summed E-state index contributed by atoms with van der Waals surface area (Å²) >= 11 is 0. The van der Waals surface area contributed by atoms with E-state index in [1.165, 1.54) is 0 Å². The highest BCUT2D eigenvalue weighted by Crippen LogP contribution is 2.30. The molecule has 1 atom stereocenters. The van der Waals surface area contributed by atoms with Gasteiger partial charge in [-0.05, 0) is 36.6 Å². The number of hydrogen-bond acceptors (Lipinski definition) is 5. The molecule has 0 aliphatic carbocycles. The highest BCUT2D eigenvalue weighted by Gasteiger charge is 2.22. The van der Waals surface area contributed by atoms with Crippen LogP contribution in [0.25, 0.3) is 33.1 Å². The summed E-state index contributed by atoms with van der Waals surface area (Å²) < 4.78 is 12.6. The Morgan fingerprint density at radius 2 is 2.10 bits per heavy atom. The summed E-state index contributed by atoms with van der Waals surface area (Å²) in [5.41, 5.74) is 5.31. The van der Waals surface area contributed by atoms with Crippen LogP contribution >= 0.6 is 0 Å². The Kier molecular flexibility index (Phi) is 4.61. The minimum atomic E-state index is -0.110. The van der Waals surface area contributed by atoms with Gasteiger partial charge in [-0.1, -0.05) is 12.1 Å². The van der Waals surface area contributed by atoms with E-state index in [1.54, 1.807) is 13.3 Å². The fourth-order valence-electron chi connectivity index (χ4n) is 4.09. The monoisotopic (exact) mass is 390 g/mol. The van der Waals surface area contributed by atoms with Crippen molar-refractivity contribution in [3.8, 4) is 11.1 Å². The van der Waals surface area contributed by atoms with Crippen LogP contribution in [0.5, 0.6) is 0 Å². The van der Waals surface area contributed by atoms with E-state index in [9.17, 15) is 4.79 Å². The Labute approximate surface area is 167 Å². The van der Waals surface area contributed by atoms with E-state index in [0.29, 0.717) is 13.2 Å². The number of benzene rings is 1. The molecular formula is C22H22N4O3. The summed E-state index contributed by atoms with van der Waals surface area (Å²) in [4.78, 5) is 24.7. The second-order valence-electron chi connectivity index (χ2n) is 7.39. The van der Waals surface area contributed by atoms with Gasteiger partial charge in [0.25, 0.3) is 0 Å². The number of pyridine rings is 2. The van der Waals surface area contributed by atoms with Crippen molar-refractivity contribution in [3.63, 3.8) is 0 Å². The van der Waals surface area contributed by atoms with Crippen molar-refractivity contribution >= 4 is 21.9 Å². The standard InChI is InChI=1S/C22H22N4O3/c1-28-12-16-6-4-15(10-23-16)14-5-7-19-18(9-14)21-20(11-24-19)25-22(27)26(21)17-3-2-8-29-13-17/h4-7,9-11,17H,2-3,8,12-13H2,1H3,(H,25,27). The van der Waals surface area contributed by atoms with E-state index >= 15 is 0 Å². The van der Waals surface area contributed by atoms with Crippen molar-refractivity contribution in [2.75, 3.05) is 20.3 Å². The van der Waals surface area contributed by atoms with Crippen LogP contribution in [0.4, 0.5) is 0 Å². The number of rotatable bonds is 4. The third-order valence-corrected chi connectivity index (χ3v) is 5.49. The molecule has 0 radical (unpaired) electrons. The van der Waals surface area contributed by atoms with Gasteiger partial charge in [0.05, 0.1) is 47.7 Å². The molecule has 1 N–H and O–H groups in total. The van der Waals surface area contributed by atoms with Crippen molar-refractivity contribution in [2.45, 2.75) is 25.5 Å². The molecule has 0 spiro atoms. The fraction of sp³-hybridized carbons (Fsp3) is 0.318. The highest BCUT2D eigenvalue weighted by atomic mass is 16.5. The first-order chi connectivity index (χ1) is 14.2. The predicted octanol–water partition coefficient (Wildman–Crippen LogP) is 3.44. The maximum Gasteiger partial charge on any atom is 0.326 e. The van der Waals surface area contributed by atoms with Crippen LogP contribution in [0.3, 0.4) is 0 Å². The molecule has 0 amide bonds. The third-order valence-electron chi connectivity index (χ3n) is 5.49. The second-order valence-corrected chi connectivity index (χ2v) is 7.39. The molecule has 29 heavy (non-hydrogen) atoms. The lowest BCUT2D eigenvalue weighted by molar-refractivity contribution is 0.0595. The number of H-pyrrole nitrogens is 1. The summed E-state index contributed by atoms with van der Waals surface area (Å²) in [5, 5.41) is 0.949. The summed E-state index contributed by atoms with van der Waals surface area (Å²) in [6, 6.07) is 10.2. The summed E-state index contributed by atoms with van der Waals surface area (Å²) in [7, 11) is 1.66. The lowest BCUT2D eigenvalue weighted by Crippen LogP contribution is -2.28. The third kappa shape index (κ3) is 3.22. The van der Waals surface area contributed by atoms with E-state index in [2.05, 4.69) is 21.0 Å². The fourth-order valence-corrected chi connectivity index (χ4v) is 4.09. The van der Waals surface area contributed by atoms with Gasteiger partial charge >= 0.3 is 5.69 Å². The molecule has 1 aliphatic heterocycles. The van der Waals surface area contributed by atoms with Gasteiger partial charge in [0.1, 0.15) is 0 Å². The Morgan fingerprint density at radius 1 is 1.21 bits per heavy atom. The number of nitrogens with one attached hydrogen (secondary N) is 1. The number of nitrogens with zero attached hydrogens (tertiary/aromatic N) is 3. The van der Waals surface area contributed by atoms with Gasteiger partial charge in [-0.15, -0.1) is 0 Å². The predicted molar refractivity (Wildman–Crippen MR) is 111 cm³/mol. The highest BCUT2D eigenvalue weighted by molar-refractivity contribution is 6.03. The Bertz CT molecular complexity index is 1220. The van der Waals surface area contributed by atoms with E-state index in [0.717, 1.165) is 58.2 Å². The van der Waals surface area contributed by atoms with Gasteiger partial charge in [-0.25, -0.2) is 4.79 Å². The molecule has 1 fully saturated rings. The topological polar surface area (TPSA) is 82.0 Å². The molecule has 7 nitrogen and oxygen atoms in total. The Balaban J connectivity index is 1.67. The molecule has 1 saturated heterocycles. The van der Waals surface area contributed by atoms with Crippen molar-refractivity contribution in [3.05, 3.63) is 58.9 Å². The maximum atomic E-state index is 12.7. The number of ether oxygens (including phenoxy) is 2. The van der Waals surface area contributed by atoms with Crippen LogP contribution < -0.4 is 5.69 Å². The number of aromatic amines is 1. The number of imidazole rings is 1. The van der Waals surface area contributed by atoms with Gasteiger partial charge in [-0.2, -0.15) is 0 Å². The molecule has 1 unspecified atom stereocenters. The Morgan fingerprint density at radius 3 is 2.86 bits per heavy atom. The van der Waals surface area contributed by atoms with E-state index in [4.69, 9.17) is 9.47 Å². The molecule has 3 aromatic heterocycles.